The number of carbonyl (C=O) groups excluding carboxylic acids is 4. The zero-order chi connectivity index (χ0) is 29.7. The summed E-state index contributed by atoms with van der Waals surface area (Å²) < 4.78 is 0. The highest BCUT2D eigenvalue weighted by atomic mass is 16.2. The van der Waals surface area contributed by atoms with Crippen molar-refractivity contribution < 1.29 is 19.2 Å². The van der Waals surface area contributed by atoms with Crippen LogP contribution in [-0.2, 0) is 25.6 Å². The van der Waals surface area contributed by atoms with Crippen molar-refractivity contribution in [1.29, 1.82) is 0 Å². The molecule has 0 bridgehead atoms. The molecule has 1 aromatic rings. The molecule has 1 saturated heterocycles. The Labute approximate surface area is 245 Å². The van der Waals surface area contributed by atoms with Crippen molar-refractivity contribution in [1.82, 2.24) is 26.2 Å². The van der Waals surface area contributed by atoms with Crippen molar-refractivity contribution in [2.45, 2.75) is 116 Å². The van der Waals surface area contributed by atoms with Crippen LogP contribution in [0.4, 0.5) is 0 Å². The van der Waals surface area contributed by atoms with Crippen LogP contribution >= 0.6 is 0 Å². The van der Waals surface area contributed by atoms with E-state index in [4.69, 9.17) is 0 Å². The first kappa shape index (κ1) is 31.0. The number of likely N-dealkylation sites (N-methyl/N-ethyl adjacent to an activating group) is 1. The molecule has 9 heteroatoms. The van der Waals surface area contributed by atoms with Gasteiger partial charge in [0.1, 0.15) is 12.1 Å². The van der Waals surface area contributed by atoms with Crippen LogP contribution < -0.4 is 21.3 Å². The van der Waals surface area contributed by atoms with E-state index in [1.54, 1.807) is 18.9 Å². The molecule has 2 fully saturated rings. The molecule has 5 atom stereocenters. The van der Waals surface area contributed by atoms with E-state index < -0.39 is 23.5 Å². The number of hydrogen-bond acceptors (Lipinski definition) is 5. The van der Waals surface area contributed by atoms with Crippen LogP contribution in [0.1, 0.15) is 96.2 Å². The predicted molar refractivity (Wildman–Crippen MR) is 159 cm³/mol. The maximum absolute atomic E-state index is 14.3. The number of amides is 4. The van der Waals surface area contributed by atoms with Gasteiger partial charge in [-0.2, -0.15) is 0 Å². The van der Waals surface area contributed by atoms with E-state index >= 15 is 0 Å². The first-order valence-corrected chi connectivity index (χ1v) is 15.5. The molecule has 1 saturated carbocycles. The molecule has 4 rings (SSSR count). The van der Waals surface area contributed by atoms with Crippen molar-refractivity contribution in [2.75, 3.05) is 13.6 Å². The predicted octanol–water partition coefficient (Wildman–Crippen LogP) is 2.99. The average Bonchev–Trinajstić information content (AvgIpc) is 3.39. The molecular formula is C32H49N5O4. The third-order valence-electron chi connectivity index (χ3n) is 9.10. The monoisotopic (exact) mass is 567 g/mol. The van der Waals surface area contributed by atoms with Crippen LogP contribution in [0.15, 0.2) is 24.3 Å². The Morgan fingerprint density at radius 3 is 2.34 bits per heavy atom. The summed E-state index contributed by atoms with van der Waals surface area (Å²) >= 11 is 0. The molecule has 1 aliphatic heterocycles. The summed E-state index contributed by atoms with van der Waals surface area (Å²) in [5.41, 5.74) is 1.79. The first-order valence-electron chi connectivity index (χ1n) is 15.5. The minimum absolute atomic E-state index is 0.0152. The van der Waals surface area contributed by atoms with Crippen molar-refractivity contribution in [3.63, 3.8) is 0 Å². The van der Waals surface area contributed by atoms with Crippen LogP contribution in [-0.4, -0.2) is 66.3 Å². The van der Waals surface area contributed by atoms with Gasteiger partial charge in [0.15, 0.2) is 0 Å². The zero-order valence-electron chi connectivity index (χ0n) is 25.4. The Bertz CT molecular complexity index is 1110. The summed E-state index contributed by atoms with van der Waals surface area (Å²) in [7, 11) is 1.72. The Morgan fingerprint density at radius 2 is 1.66 bits per heavy atom. The summed E-state index contributed by atoms with van der Waals surface area (Å²) in [5.74, 6) is -0.762. The second-order valence-electron chi connectivity index (χ2n) is 13.2. The number of nitrogens with one attached hydrogen (secondary N) is 4. The van der Waals surface area contributed by atoms with E-state index in [-0.39, 0.29) is 48.2 Å². The SMILES string of the molecule is CN[C@@H](C)C(=O)NC(C(=O)N1C[C@@H](NC(=O)C(C)(C)C)C[C@H]1C(=O)N[C@@H]1CCCc2ccccc21)C1CCCCC1. The number of aryl methyl sites for hydroxylation is 1. The smallest absolute Gasteiger partial charge is 0.246 e. The molecule has 9 nitrogen and oxygen atoms in total. The molecule has 0 aromatic heterocycles. The molecule has 0 spiro atoms. The molecule has 1 unspecified atom stereocenters. The average molecular weight is 568 g/mol. The highest BCUT2D eigenvalue weighted by Crippen LogP contribution is 2.32. The van der Waals surface area contributed by atoms with E-state index in [9.17, 15) is 19.2 Å². The molecule has 1 aromatic carbocycles. The normalized spacial score (nSPS) is 24.6. The lowest BCUT2D eigenvalue weighted by Gasteiger charge is -2.35. The van der Waals surface area contributed by atoms with E-state index in [2.05, 4.69) is 33.4 Å². The number of likely N-dealkylation sites (tertiary alicyclic amines) is 1. The number of fused-ring (bicyclic) bond motifs is 1. The fourth-order valence-electron chi connectivity index (χ4n) is 6.44. The second kappa shape index (κ2) is 13.4. The molecule has 3 aliphatic rings. The van der Waals surface area contributed by atoms with Gasteiger partial charge >= 0.3 is 0 Å². The summed E-state index contributed by atoms with van der Waals surface area (Å²) in [5, 5.41) is 12.3. The Kier molecular flexibility index (Phi) is 10.1. The number of benzene rings is 1. The van der Waals surface area contributed by atoms with Gasteiger partial charge in [-0.3, -0.25) is 19.2 Å². The van der Waals surface area contributed by atoms with E-state index in [1.807, 2.05) is 32.9 Å². The molecule has 4 N–H and O–H groups in total. The molecule has 226 valence electrons. The van der Waals surface area contributed by atoms with Gasteiger partial charge in [-0.15, -0.1) is 0 Å². The van der Waals surface area contributed by atoms with Crippen LogP contribution in [0, 0.1) is 11.3 Å². The number of nitrogens with zero attached hydrogens (tertiary/aromatic N) is 1. The minimum Gasteiger partial charge on any atom is -0.351 e. The standard InChI is InChI=1S/C32H49N5O4/c1-20(33-5)28(38)36-27(22-13-7-6-8-14-22)30(40)37-19-23(34-31(41)32(2,3)4)18-26(37)29(39)35-25-17-11-15-21-12-9-10-16-24(21)25/h9-10,12,16,20,22-23,25-27,33H,6-8,11,13-15,17-19H2,1-5H3,(H,34,41)(H,35,39)(H,36,38)/t20-,23-,25+,26-,27?/m0/s1. The van der Waals surface area contributed by atoms with Gasteiger partial charge in [0, 0.05) is 18.0 Å². The van der Waals surface area contributed by atoms with Crippen LogP contribution in [0.25, 0.3) is 0 Å². The lowest BCUT2D eigenvalue weighted by Crippen LogP contribution is -2.58. The Morgan fingerprint density at radius 1 is 0.951 bits per heavy atom. The molecule has 4 amide bonds. The van der Waals surface area contributed by atoms with Gasteiger partial charge in [0.25, 0.3) is 0 Å². The molecule has 1 heterocycles. The summed E-state index contributed by atoms with van der Waals surface area (Å²) in [6, 6.07) is 5.86. The van der Waals surface area contributed by atoms with E-state index in [0.29, 0.717) is 6.42 Å². The zero-order valence-corrected chi connectivity index (χ0v) is 25.4. The van der Waals surface area contributed by atoms with Gasteiger partial charge in [0.05, 0.1) is 12.1 Å². The Balaban J connectivity index is 1.59. The number of carbonyl (C=O) groups is 4. The van der Waals surface area contributed by atoms with Gasteiger partial charge in [0.2, 0.25) is 23.6 Å². The summed E-state index contributed by atoms with van der Waals surface area (Å²) in [4.78, 5) is 55.7. The fourth-order valence-corrected chi connectivity index (χ4v) is 6.44. The van der Waals surface area contributed by atoms with Gasteiger partial charge in [-0.05, 0) is 69.5 Å². The molecule has 0 radical (unpaired) electrons. The molecule has 2 aliphatic carbocycles. The highest BCUT2D eigenvalue weighted by Gasteiger charge is 2.45. The lowest BCUT2D eigenvalue weighted by molar-refractivity contribution is -0.143. The first-order chi connectivity index (χ1) is 19.5. The van der Waals surface area contributed by atoms with Crippen molar-refractivity contribution in [3.05, 3.63) is 35.4 Å². The number of hydrogen-bond donors (Lipinski definition) is 4. The van der Waals surface area contributed by atoms with Crippen LogP contribution in [0.5, 0.6) is 0 Å². The highest BCUT2D eigenvalue weighted by molar-refractivity contribution is 5.94. The third-order valence-corrected chi connectivity index (χ3v) is 9.10. The second-order valence-corrected chi connectivity index (χ2v) is 13.2. The Hall–Kier alpha value is -2.94. The van der Waals surface area contributed by atoms with Crippen molar-refractivity contribution >= 4 is 23.6 Å². The minimum atomic E-state index is -0.730. The fraction of sp³-hybridized carbons (Fsp3) is 0.688. The van der Waals surface area contributed by atoms with Crippen LogP contribution in [0.3, 0.4) is 0 Å². The van der Waals surface area contributed by atoms with Gasteiger partial charge < -0.3 is 26.2 Å². The topological polar surface area (TPSA) is 120 Å². The van der Waals surface area contributed by atoms with E-state index in [1.165, 1.54) is 5.56 Å². The number of rotatable bonds is 8. The summed E-state index contributed by atoms with van der Waals surface area (Å²) in [6.07, 6.45) is 8.03. The maximum atomic E-state index is 14.3. The third kappa shape index (κ3) is 7.48. The lowest BCUT2D eigenvalue weighted by atomic mass is 9.83. The molecular weight excluding hydrogens is 518 g/mol. The quantitative estimate of drug-likeness (QED) is 0.385. The van der Waals surface area contributed by atoms with E-state index in [0.717, 1.165) is 56.9 Å². The maximum Gasteiger partial charge on any atom is 0.246 e. The molecule has 41 heavy (non-hydrogen) atoms. The largest absolute Gasteiger partial charge is 0.351 e. The van der Waals surface area contributed by atoms with Crippen LogP contribution in [0.2, 0.25) is 0 Å². The summed E-state index contributed by atoms with van der Waals surface area (Å²) in [6.45, 7) is 7.55. The van der Waals surface area contributed by atoms with Gasteiger partial charge in [-0.25, -0.2) is 0 Å². The van der Waals surface area contributed by atoms with Crippen molar-refractivity contribution in [3.8, 4) is 0 Å². The van der Waals surface area contributed by atoms with Gasteiger partial charge in [-0.1, -0.05) is 64.3 Å². The van der Waals surface area contributed by atoms with Crippen molar-refractivity contribution in [2.24, 2.45) is 11.3 Å².